The number of anilines is 1. The number of aryl methyl sites for hydroxylation is 1. The summed E-state index contributed by atoms with van der Waals surface area (Å²) in [5, 5.41) is 11.8. The molecule has 0 unspecified atom stereocenters. The van der Waals surface area contributed by atoms with Crippen LogP contribution in [0.25, 0.3) is 0 Å². The minimum absolute atomic E-state index is 0.0333. The molecule has 0 saturated heterocycles. The third-order valence-electron chi connectivity index (χ3n) is 3.60. The van der Waals surface area contributed by atoms with Crippen LogP contribution in [0.2, 0.25) is 0 Å². The van der Waals surface area contributed by atoms with Crippen molar-refractivity contribution < 1.29 is 14.7 Å². The number of carbonyl (C=O) groups is 2. The molecule has 0 heterocycles. The van der Waals surface area contributed by atoms with Crippen LogP contribution in [0.1, 0.15) is 49.0 Å². The first-order chi connectivity index (χ1) is 9.75. The first kappa shape index (κ1) is 17.2. The van der Waals surface area contributed by atoms with Gasteiger partial charge in [-0.25, -0.2) is 4.79 Å². The normalized spacial score (nSPS) is 11.2. The van der Waals surface area contributed by atoms with Gasteiger partial charge in [0.1, 0.15) is 0 Å². The fourth-order valence-corrected chi connectivity index (χ4v) is 2.12. The van der Waals surface area contributed by atoms with Gasteiger partial charge >= 0.3 is 5.97 Å². The standard InChI is InChI=1S/C16H24N2O3/c1-11-4-5-12(10-13(11)15(20)21)18-14(19)6-7-16(2,3)8-9-17/h4-5,10H,6-9,17H2,1-3H3,(H,18,19)(H,20,21). The number of amides is 1. The summed E-state index contributed by atoms with van der Waals surface area (Å²) >= 11 is 0. The van der Waals surface area contributed by atoms with Crippen LogP contribution in [0.5, 0.6) is 0 Å². The Bertz CT molecular complexity index is 524. The van der Waals surface area contributed by atoms with Gasteiger partial charge in [0.2, 0.25) is 5.91 Å². The Kier molecular flexibility index (Phi) is 5.90. The van der Waals surface area contributed by atoms with Gasteiger partial charge in [0.05, 0.1) is 5.56 Å². The van der Waals surface area contributed by atoms with E-state index in [0.717, 1.165) is 12.8 Å². The van der Waals surface area contributed by atoms with Crippen molar-refractivity contribution in [3.8, 4) is 0 Å². The van der Waals surface area contributed by atoms with Gasteiger partial charge in [-0.05, 0) is 49.4 Å². The van der Waals surface area contributed by atoms with E-state index in [1.165, 1.54) is 6.07 Å². The summed E-state index contributed by atoms with van der Waals surface area (Å²) in [5.74, 6) is -1.10. The van der Waals surface area contributed by atoms with Crippen molar-refractivity contribution in [2.75, 3.05) is 11.9 Å². The van der Waals surface area contributed by atoms with Gasteiger partial charge in [0.25, 0.3) is 0 Å². The lowest BCUT2D eigenvalue weighted by Crippen LogP contribution is -2.20. The van der Waals surface area contributed by atoms with Crippen LogP contribution in [0.4, 0.5) is 5.69 Å². The summed E-state index contributed by atoms with van der Waals surface area (Å²) in [6.45, 7) is 6.50. The second kappa shape index (κ2) is 7.22. The highest BCUT2D eigenvalue weighted by atomic mass is 16.4. The first-order valence-electron chi connectivity index (χ1n) is 7.09. The molecule has 1 aromatic rings. The van der Waals surface area contributed by atoms with E-state index in [-0.39, 0.29) is 16.9 Å². The molecule has 1 amide bonds. The molecule has 5 heteroatoms. The van der Waals surface area contributed by atoms with Crippen LogP contribution in [-0.4, -0.2) is 23.5 Å². The molecule has 0 atom stereocenters. The summed E-state index contributed by atoms with van der Waals surface area (Å²) in [4.78, 5) is 23.0. The number of hydrogen-bond acceptors (Lipinski definition) is 3. The zero-order chi connectivity index (χ0) is 16.0. The monoisotopic (exact) mass is 292 g/mol. The number of carboxylic acid groups (broad SMARTS) is 1. The highest BCUT2D eigenvalue weighted by Crippen LogP contribution is 2.26. The molecular weight excluding hydrogens is 268 g/mol. The number of rotatable bonds is 7. The number of nitrogens with one attached hydrogen (secondary N) is 1. The second-order valence-electron chi connectivity index (χ2n) is 6.09. The number of benzene rings is 1. The SMILES string of the molecule is Cc1ccc(NC(=O)CCC(C)(C)CCN)cc1C(=O)O. The van der Waals surface area contributed by atoms with Gasteiger partial charge in [0.15, 0.2) is 0 Å². The van der Waals surface area contributed by atoms with E-state index in [0.29, 0.717) is 24.2 Å². The maximum absolute atomic E-state index is 11.9. The van der Waals surface area contributed by atoms with Gasteiger partial charge < -0.3 is 16.2 Å². The maximum Gasteiger partial charge on any atom is 0.336 e. The van der Waals surface area contributed by atoms with Crippen molar-refractivity contribution in [3.05, 3.63) is 29.3 Å². The molecule has 1 aromatic carbocycles. The Morgan fingerprint density at radius 1 is 1.29 bits per heavy atom. The van der Waals surface area contributed by atoms with Crippen LogP contribution in [0, 0.1) is 12.3 Å². The van der Waals surface area contributed by atoms with Gasteiger partial charge in [0, 0.05) is 12.1 Å². The molecular formula is C16H24N2O3. The summed E-state index contributed by atoms with van der Waals surface area (Å²) in [7, 11) is 0. The van der Waals surface area contributed by atoms with Crippen LogP contribution < -0.4 is 11.1 Å². The molecule has 0 aliphatic rings. The third-order valence-corrected chi connectivity index (χ3v) is 3.60. The lowest BCUT2D eigenvalue weighted by atomic mass is 9.84. The van der Waals surface area contributed by atoms with E-state index in [1.807, 2.05) is 0 Å². The fraction of sp³-hybridized carbons (Fsp3) is 0.500. The van der Waals surface area contributed by atoms with Gasteiger partial charge in [-0.2, -0.15) is 0 Å². The van der Waals surface area contributed by atoms with Crippen molar-refractivity contribution in [1.29, 1.82) is 0 Å². The highest BCUT2D eigenvalue weighted by molar-refractivity contribution is 5.94. The minimum Gasteiger partial charge on any atom is -0.478 e. The molecule has 5 nitrogen and oxygen atoms in total. The second-order valence-corrected chi connectivity index (χ2v) is 6.09. The highest BCUT2D eigenvalue weighted by Gasteiger charge is 2.18. The van der Waals surface area contributed by atoms with Crippen LogP contribution >= 0.6 is 0 Å². The number of carbonyl (C=O) groups excluding carboxylic acids is 1. The Morgan fingerprint density at radius 3 is 2.52 bits per heavy atom. The molecule has 0 radical (unpaired) electrons. The van der Waals surface area contributed by atoms with Crippen LogP contribution in [0.3, 0.4) is 0 Å². The van der Waals surface area contributed by atoms with Crippen molar-refractivity contribution in [2.45, 2.75) is 40.0 Å². The van der Waals surface area contributed by atoms with Crippen molar-refractivity contribution in [1.82, 2.24) is 0 Å². The van der Waals surface area contributed by atoms with Crippen LogP contribution in [0.15, 0.2) is 18.2 Å². The molecule has 0 aliphatic heterocycles. The molecule has 116 valence electrons. The minimum atomic E-state index is -0.993. The van der Waals surface area contributed by atoms with Crippen molar-refractivity contribution in [3.63, 3.8) is 0 Å². The summed E-state index contributed by atoms with van der Waals surface area (Å²) in [6.07, 6.45) is 2.00. The van der Waals surface area contributed by atoms with Gasteiger partial charge in [-0.1, -0.05) is 19.9 Å². The van der Waals surface area contributed by atoms with E-state index < -0.39 is 5.97 Å². The maximum atomic E-state index is 11.9. The predicted molar refractivity (Wildman–Crippen MR) is 83.5 cm³/mol. The third kappa shape index (κ3) is 5.55. The lowest BCUT2D eigenvalue weighted by Gasteiger charge is -2.23. The molecule has 21 heavy (non-hydrogen) atoms. The van der Waals surface area contributed by atoms with Crippen molar-refractivity contribution >= 4 is 17.6 Å². The molecule has 1 rings (SSSR count). The number of hydrogen-bond donors (Lipinski definition) is 3. The average molecular weight is 292 g/mol. The molecule has 0 spiro atoms. The average Bonchev–Trinajstić information content (AvgIpc) is 2.38. The molecule has 0 bridgehead atoms. The van der Waals surface area contributed by atoms with Gasteiger partial charge in [-0.15, -0.1) is 0 Å². The lowest BCUT2D eigenvalue weighted by molar-refractivity contribution is -0.116. The van der Waals surface area contributed by atoms with E-state index >= 15 is 0 Å². The molecule has 0 aliphatic carbocycles. The molecule has 4 N–H and O–H groups in total. The first-order valence-corrected chi connectivity index (χ1v) is 7.09. The zero-order valence-electron chi connectivity index (χ0n) is 12.9. The Morgan fingerprint density at radius 2 is 1.95 bits per heavy atom. The van der Waals surface area contributed by atoms with E-state index in [2.05, 4.69) is 19.2 Å². The van der Waals surface area contributed by atoms with E-state index in [1.54, 1.807) is 19.1 Å². The quantitative estimate of drug-likeness (QED) is 0.720. The van der Waals surface area contributed by atoms with Crippen molar-refractivity contribution in [2.24, 2.45) is 11.1 Å². The predicted octanol–water partition coefficient (Wildman–Crippen LogP) is 2.79. The smallest absolute Gasteiger partial charge is 0.336 e. The van der Waals surface area contributed by atoms with Gasteiger partial charge in [-0.3, -0.25) is 4.79 Å². The Labute approximate surface area is 125 Å². The van der Waals surface area contributed by atoms with E-state index in [4.69, 9.17) is 10.8 Å². The fourth-order valence-electron chi connectivity index (χ4n) is 2.12. The topological polar surface area (TPSA) is 92.4 Å². The Balaban J connectivity index is 2.63. The molecule has 0 fully saturated rings. The number of carboxylic acids is 1. The number of aromatic carboxylic acids is 1. The molecule has 0 saturated carbocycles. The summed E-state index contributed by atoms with van der Waals surface area (Å²) in [5.41, 5.74) is 6.97. The van der Waals surface area contributed by atoms with Crippen LogP contribution in [-0.2, 0) is 4.79 Å². The zero-order valence-corrected chi connectivity index (χ0v) is 12.9. The largest absolute Gasteiger partial charge is 0.478 e. The number of nitrogens with two attached hydrogens (primary N) is 1. The summed E-state index contributed by atoms with van der Waals surface area (Å²) in [6, 6.07) is 4.89. The Hall–Kier alpha value is -1.88. The summed E-state index contributed by atoms with van der Waals surface area (Å²) < 4.78 is 0. The molecule has 0 aromatic heterocycles. The van der Waals surface area contributed by atoms with E-state index in [9.17, 15) is 9.59 Å².